The first kappa shape index (κ1) is 17.1. The second kappa shape index (κ2) is 7.47. The van der Waals surface area contributed by atoms with Crippen molar-refractivity contribution < 1.29 is 18.7 Å². The molecule has 4 nitrogen and oxygen atoms in total. The van der Waals surface area contributed by atoms with E-state index in [0.29, 0.717) is 16.7 Å². The van der Waals surface area contributed by atoms with E-state index in [9.17, 15) is 14.0 Å². The predicted octanol–water partition coefficient (Wildman–Crippen LogP) is 3.91. The summed E-state index contributed by atoms with van der Waals surface area (Å²) in [6.07, 6.45) is 3.24. The van der Waals surface area contributed by atoms with E-state index >= 15 is 0 Å². The van der Waals surface area contributed by atoms with Crippen LogP contribution in [0, 0.1) is 5.82 Å². The van der Waals surface area contributed by atoms with Gasteiger partial charge in [-0.2, -0.15) is 0 Å². The molecule has 2 aromatic rings. The van der Waals surface area contributed by atoms with Crippen molar-refractivity contribution in [3.05, 3.63) is 59.4 Å². The Balaban J connectivity index is 1.85. The Morgan fingerprint density at radius 1 is 0.960 bits per heavy atom. The molecule has 1 saturated heterocycles. The smallest absolute Gasteiger partial charge is 0.337 e. The van der Waals surface area contributed by atoms with Gasteiger partial charge in [-0.15, -0.1) is 0 Å². The van der Waals surface area contributed by atoms with Crippen LogP contribution in [0.25, 0.3) is 11.1 Å². The number of ether oxygens (including phenoxy) is 1. The predicted molar refractivity (Wildman–Crippen MR) is 92.9 cm³/mol. The Morgan fingerprint density at radius 2 is 1.60 bits per heavy atom. The fourth-order valence-corrected chi connectivity index (χ4v) is 3.06. The molecule has 1 heterocycles. The molecule has 0 atom stereocenters. The first-order valence-electron chi connectivity index (χ1n) is 8.38. The lowest BCUT2D eigenvalue weighted by molar-refractivity contribution is 0.0600. The lowest BCUT2D eigenvalue weighted by Crippen LogP contribution is -2.35. The van der Waals surface area contributed by atoms with Crippen LogP contribution in [0.2, 0.25) is 0 Å². The fraction of sp³-hybridized carbons (Fsp3) is 0.300. The average Bonchev–Trinajstić information content (AvgIpc) is 2.68. The highest BCUT2D eigenvalue weighted by Crippen LogP contribution is 2.25. The number of likely N-dealkylation sites (tertiary alicyclic amines) is 1. The van der Waals surface area contributed by atoms with Crippen molar-refractivity contribution in [3.8, 4) is 11.1 Å². The van der Waals surface area contributed by atoms with Gasteiger partial charge in [0, 0.05) is 24.2 Å². The molecule has 1 amide bonds. The molecule has 5 heteroatoms. The first-order chi connectivity index (χ1) is 12.1. The topological polar surface area (TPSA) is 46.6 Å². The highest BCUT2D eigenvalue weighted by Gasteiger charge is 2.18. The largest absolute Gasteiger partial charge is 0.465 e. The Kier molecular flexibility index (Phi) is 5.12. The number of amides is 1. The van der Waals surface area contributed by atoms with Gasteiger partial charge in [0.25, 0.3) is 5.91 Å². The minimum atomic E-state index is -0.516. The SMILES string of the molecule is COC(=O)c1ccc(F)c(-c2ccc(C(=O)N3CCCCC3)cc2)c1. The van der Waals surface area contributed by atoms with Gasteiger partial charge in [-0.05, 0) is 55.2 Å². The van der Waals surface area contributed by atoms with E-state index in [0.717, 1.165) is 25.9 Å². The maximum absolute atomic E-state index is 14.1. The Labute approximate surface area is 146 Å². The number of benzene rings is 2. The molecule has 0 saturated carbocycles. The van der Waals surface area contributed by atoms with Crippen molar-refractivity contribution in [2.24, 2.45) is 0 Å². The molecule has 0 radical (unpaired) electrons. The maximum atomic E-state index is 14.1. The van der Waals surface area contributed by atoms with Crippen LogP contribution in [-0.4, -0.2) is 37.0 Å². The summed E-state index contributed by atoms with van der Waals surface area (Å²) < 4.78 is 18.8. The minimum absolute atomic E-state index is 0.00929. The van der Waals surface area contributed by atoms with Crippen molar-refractivity contribution in [2.75, 3.05) is 20.2 Å². The van der Waals surface area contributed by atoms with Gasteiger partial charge in [0.05, 0.1) is 12.7 Å². The monoisotopic (exact) mass is 341 g/mol. The number of carbonyl (C=O) groups is 2. The van der Waals surface area contributed by atoms with Crippen LogP contribution < -0.4 is 0 Å². The third kappa shape index (κ3) is 3.71. The summed E-state index contributed by atoms with van der Waals surface area (Å²) >= 11 is 0. The molecule has 0 unspecified atom stereocenters. The number of esters is 1. The molecule has 0 aliphatic carbocycles. The first-order valence-corrected chi connectivity index (χ1v) is 8.38. The van der Waals surface area contributed by atoms with Gasteiger partial charge >= 0.3 is 5.97 Å². The summed E-state index contributed by atoms with van der Waals surface area (Å²) in [6, 6.07) is 10.9. The van der Waals surface area contributed by atoms with Crippen LogP contribution in [0.1, 0.15) is 40.0 Å². The fourth-order valence-electron chi connectivity index (χ4n) is 3.06. The van der Waals surface area contributed by atoms with Crippen molar-refractivity contribution in [3.63, 3.8) is 0 Å². The van der Waals surface area contributed by atoms with Gasteiger partial charge < -0.3 is 9.64 Å². The van der Waals surface area contributed by atoms with E-state index in [2.05, 4.69) is 4.74 Å². The number of piperidine rings is 1. The molecule has 0 N–H and O–H groups in total. The Morgan fingerprint density at radius 3 is 2.24 bits per heavy atom. The van der Waals surface area contributed by atoms with Crippen LogP contribution in [0.3, 0.4) is 0 Å². The van der Waals surface area contributed by atoms with Gasteiger partial charge in [-0.1, -0.05) is 12.1 Å². The van der Waals surface area contributed by atoms with Crippen molar-refractivity contribution in [1.82, 2.24) is 4.90 Å². The molecule has 2 aromatic carbocycles. The number of methoxy groups -OCH3 is 1. The van der Waals surface area contributed by atoms with Crippen LogP contribution in [0.15, 0.2) is 42.5 Å². The lowest BCUT2D eigenvalue weighted by atomic mass is 10.0. The Hall–Kier alpha value is -2.69. The molecule has 25 heavy (non-hydrogen) atoms. The van der Waals surface area contributed by atoms with Gasteiger partial charge in [0.15, 0.2) is 0 Å². The van der Waals surface area contributed by atoms with Gasteiger partial charge in [0.2, 0.25) is 0 Å². The number of rotatable bonds is 3. The number of hydrogen-bond donors (Lipinski definition) is 0. The molecule has 1 aliphatic heterocycles. The summed E-state index contributed by atoms with van der Waals surface area (Å²) in [4.78, 5) is 26.0. The number of halogens is 1. The molecule has 0 aromatic heterocycles. The van der Waals surface area contributed by atoms with E-state index in [1.165, 1.54) is 31.7 Å². The van der Waals surface area contributed by atoms with Crippen molar-refractivity contribution in [1.29, 1.82) is 0 Å². The van der Waals surface area contributed by atoms with E-state index in [1.54, 1.807) is 24.3 Å². The summed E-state index contributed by atoms with van der Waals surface area (Å²) in [5.41, 5.74) is 1.79. The molecule has 3 rings (SSSR count). The van der Waals surface area contributed by atoms with Crippen LogP contribution in [0.4, 0.5) is 4.39 Å². The van der Waals surface area contributed by atoms with Gasteiger partial charge in [-0.3, -0.25) is 4.79 Å². The average molecular weight is 341 g/mol. The van der Waals surface area contributed by atoms with Crippen LogP contribution in [0.5, 0.6) is 0 Å². The second-order valence-electron chi connectivity index (χ2n) is 6.12. The lowest BCUT2D eigenvalue weighted by Gasteiger charge is -2.26. The second-order valence-corrected chi connectivity index (χ2v) is 6.12. The zero-order valence-corrected chi connectivity index (χ0v) is 14.1. The van der Waals surface area contributed by atoms with E-state index < -0.39 is 11.8 Å². The highest BCUT2D eigenvalue weighted by molar-refractivity contribution is 5.95. The molecule has 0 spiro atoms. The molecule has 1 fully saturated rings. The minimum Gasteiger partial charge on any atom is -0.465 e. The third-order valence-electron chi connectivity index (χ3n) is 4.47. The standard InChI is InChI=1S/C20H20FNO3/c1-25-20(24)16-9-10-18(21)17(13-16)14-5-7-15(8-6-14)19(23)22-11-3-2-4-12-22/h5-10,13H,2-4,11-12H2,1H3. The normalized spacial score (nSPS) is 14.2. The van der Waals surface area contributed by atoms with Crippen molar-refractivity contribution in [2.45, 2.75) is 19.3 Å². The summed E-state index contributed by atoms with van der Waals surface area (Å²) in [7, 11) is 1.28. The van der Waals surface area contributed by atoms with E-state index in [-0.39, 0.29) is 11.5 Å². The summed E-state index contributed by atoms with van der Waals surface area (Å²) in [5, 5.41) is 0. The molecular weight excluding hydrogens is 321 g/mol. The number of hydrogen-bond acceptors (Lipinski definition) is 3. The van der Waals surface area contributed by atoms with Crippen LogP contribution >= 0.6 is 0 Å². The Bertz CT molecular complexity index is 780. The highest BCUT2D eigenvalue weighted by atomic mass is 19.1. The zero-order chi connectivity index (χ0) is 17.8. The molecular formula is C20H20FNO3. The van der Waals surface area contributed by atoms with Crippen molar-refractivity contribution >= 4 is 11.9 Å². The number of carbonyl (C=O) groups excluding carboxylic acids is 2. The van der Waals surface area contributed by atoms with E-state index in [4.69, 9.17) is 0 Å². The maximum Gasteiger partial charge on any atom is 0.337 e. The zero-order valence-electron chi connectivity index (χ0n) is 14.1. The van der Waals surface area contributed by atoms with Gasteiger partial charge in [-0.25, -0.2) is 9.18 Å². The summed E-state index contributed by atoms with van der Waals surface area (Å²) in [5.74, 6) is -0.934. The van der Waals surface area contributed by atoms with Crippen LogP contribution in [-0.2, 0) is 4.74 Å². The quantitative estimate of drug-likeness (QED) is 0.795. The molecule has 130 valence electrons. The van der Waals surface area contributed by atoms with E-state index in [1.807, 2.05) is 4.90 Å². The third-order valence-corrected chi connectivity index (χ3v) is 4.47. The number of nitrogens with zero attached hydrogens (tertiary/aromatic N) is 1. The van der Waals surface area contributed by atoms with Gasteiger partial charge in [0.1, 0.15) is 5.82 Å². The summed E-state index contributed by atoms with van der Waals surface area (Å²) in [6.45, 7) is 1.58. The molecule has 1 aliphatic rings. The molecule has 0 bridgehead atoms.